The van der Waals surface area contributed by atoms with Gasteiger partial charge in [-0.25, -0.2) is 0 Å². The molecule has 0 spiro atoms. The Bertz CT molecular complexity index is 929. The van der Waals surface area contributed by atoms with Crippen LogP contribution in [0, 0.1) is 5.41 Å². The van der Waals surface area contributed by atoms with Crippen LogP contribution in [-0.4, -0.2) is 19.1 Å². The molecule has 0 bridgehead atoms. The minimum atomic E-state index is -0.241. The Balaban J connectivity index is 1.71. The van der Waals surface area contributed by atoms with E-state index in [2.05, 4.69) is 5.32 Å². The first-order valence-corrected chi connectivity index (χ1v) is 8.36. The second-order valence-electron chi connectivity index (χ2n) is 5.94. The van der Waals surface area contributed by atoms with Crippen molar-refractivity contribution in [1.29, 1.82) is 5.41 Å². The summed E-state index contributed by atoms with van der Waals surface area (Å²) in [4.78, 5) is 1.93. The largest absolute Gasteiger partial charge is 0.497 e. The lowest BCUT2D eigenvalue weighted by atomic mass is 10.1. The number of fused-ring (bicyclic) bond motifs is 1. The zero-order valence-electron chi connectivity index (χ0n) is 14.3. The summed E-state index contributed by atoms with van der Waals surface area (Å²) in [6.07, 6.45) is 5.42. The van der Waals surface area contributed by atoms with Crippen LogP contribution >= 0.6 is 0 Å². The van der Waals surface area contributed by atoms with Gasteiger partial charge in [-0.2, -0.15) is 0 Å². The number of rotatable bonds is 4. The van der Waals surface area contributed by atoms with Crippen molar-refractivity contribution in [2.45, 2.75) is 6.17 Å². The topological polar surface area (TPSA) is 61.5 Å². The van der Waals surface area contributed by atoms with E-state index in [0.29, 0.717) is 11.7 Å². The molecule has 26 heavy (non-hydrogen) atoms. The van der Waals surface area contributed by atoms with E-state index in [1.165, 1.54) is 0 Å². The number of benzene rings is 2. The highest BCUT2D eigenvalue weighted by Gasteiger charge is 2.31. The lowest BCUT2D eigenvalue weighted by molar-refractivity contribution is 0.415. The number of hydrogen-bond acceptors (Lipinski definition) is 4. The van der Waals surface area contributed by atoms with Gasteiger partial charge >= 0.3 is 0 Å². The van der Waals surface area contributed by atoms with E-state index in [1.54, 1.807) is 19.4 Å². The summed E-state index contributed by atoms with van der Waals surface area (Å²) < 4.78 is 10.7. The maximum absolute atomic E-state index is 8.65. The molecule has 0 saturated carbocycles. The molecule has 2 N–H and O–H groups in total. The summed E-state index contributed by atoms with van der Waals surface area (Å²) in [5.74, 6) is 1.79. The van der Waals surface area contributed by atoms with Crippen molar-refractivity contribution in [3.05, 3.63) is 84.1 Å². The van der Waals surface area contributed by atoms with Gasteiger partial charge in [-0.05, 0) is 42.0 Å². The summed E-state index contributed by atoms with van der Waals surface area (Å²) in [7, 11) is 1.64. The van der Waals surface area contributed by atoms with Crippen LogP contribution in [0.3, 0.4) is 0 Å². The van der Waals surface area contributed by atoms with Crippen LogP contribution in [0.25, 0.3) is 6.08 Å². The molecule has 130 valence electrons. The summed E-state index contributed by atoms with van der Waals surface area (Å²) >= 11 is 0. The maximum Gasteiger partial charge on any atom is 0.205 e. The van der Waals surface area contributed by atoms with E-state index in [-0.39, 0.29) is 6.17 Å². The van der Waals surface area contributed by atoms with Crippen molar-refractivity contribution in [1.82, 2.24) is 0 Å². The van der Waals surface area contributed by atoms with E-state index in [1.807, 2.05) is 71.6 Å². The summed E-state index contributed by atoms with van der Waals surface area (Å²) in [5.41, 5.74) is 2.74. The van der Waals surface area contributed by atoms with Gasteiger partial charge in [0.05, 0.1) is 18.9 Å². The Morgan fingerprint density at radius 3 is 2.58 bits per heavy atom. The third kappa shape index (κ3) is 2.95. The number of hydrogen-bond donors (Lipinski definition) is 2. The lowest BCUT2D eigenvalue weighted by Crippen LogP contribution is -2.47. The number of anilines is 2. The number of nitrogens with zero attached hydrogens (tertiary/aromatic N) is 1. The zero-order valence-corrected chi connectivity index (χ0v) is 14.3. The molecule has 3 aromatic rings. The molecule has 2 aromatic carbocycles. The zero-order chi connectivity index (χ0) is 17.9. The summed E-state index contributed by atoms with van der Waals surface area (Å²) in [6, 6.07) is 19.6. The highest BCUT2D eigenvalue weighted by atomic mass is 16.5. The normalized spacial score (nSPS) is 16.4. The second kappa shape index (κ2) is 6.80. The number of ether oxygens (including phenoxy) is 1. The third-order valence-corrected chi connectivity index (χ3v) is 4.34. The fourth-order valence-corrected chi connectivity index (χ4v) is 3.01. The van der Waals surface area contributed by atoms with Crippen molar-refractivity contribution < 1.29 is 9.15 Å². The number of furan rings is 1. The fourth-order valence-electron chi connectivity index (χ4n) is 3.01. The Kier molecular flexibility index (Phi) is 4.19. The molecular weight excluding hydrogens is 326 g/mol. The van der Waals surface area contributed by atoms with Crippen molar-refractivity contribution in [2.75, 3.05) is 17.3 Å². The van der Waals surface area contributed by atoms with Gasteiger partial charge in [0.25, 0.3) is 0 Å². The highest BCUT2D eigenvalue weighted by Crippen LogP contribution is 2.31. The van der Waals surface area contributed by atoms with E-state index < -0.39 is 0 Å². The summed E-state index contributed by atoms with van der Waals surface area (Å²) in [6.45, 7) is 0. The minimum absolute atomic E-state index is 0.241. The van der Waals surface area contributed by atoms with Gasteiger partial charge in [-0.15, -0.1) is 0 Å². The van der Waals surface area contributed by atoms with Crippen LogP contribution in [0.2, 0.25) is 0 Å². The van der Waals surface area contributed by atoms with Gasteiger partial charge in [0.2, 0.25) is 5.88 Å². The van der Waals surface area contributed by atoms with Crippen molar-refractivity contribution in [2.24, 2.45) is 0 Å². The number of amidine groups is 1. The maximum atomic E-state index is 8.65. The monoisotopic (exact) mass is 345 g/mol. The first-order valence-electron chi connectivity index (χ1n) is 8.36. The highest BCUT2D eigenvalue weighted by molar-refractivity contribution is 6.13. The first kappa shape index (κ1) is 16.0. The first-order chi connectivity index (χ1) is 12.8. The minimum Gasteiger partial charge on any atom is -0.497 e. The molecule has 1 unspecified atom stereocenters. The second-order valence-corrected chi connectivity index (χ2v) is 5.94. The van der Waals surface area contributed by atoms with Crippen LogP contribution in [0.15, 0.2) is 77.4 Å². The molecule has 0 radical (unpaired) electrons. The van der Waals surface area contributed by atoms with Crippen LogP contribution in [0.5, 0.6) is 5.75 Å². The Hall–Kier alpha value is -3.47. The molecule has 1 aliphatic heterocycles. The average molecular weight is 345 g/mol. The molecule has 0 aliphatic carbocycles. The van der Waals surface area contributed by atoms with E-state index >= 15 is 0 Å². The van der Waals surface area contributed by atoms with Crippen molar-refractivity contribution >= 4 is 23.5 Å². The Morgan fingerprint density at radius 1 is 1.08 bits per heavy atom. The molecular formula is C21H19N3O2. The van der Waals surface area contributed by atoms with Gasteiger partial charge in [0.1, 0.15) is 17.8 Å². The molecule has 5 heteroatoms. The van der Waals surface area contributed by atoms with E-state index in [9.17, 15) is 0 Å². The van der Waals surface area contributed by atoms with E-state index in [4.69, 9.17) is 14.6 Å². The SMILES string of the molecule is COc1ccc(N2C(=N)c3ccoc3NC2C=Cc2ccccc2)cc1. The van der Waals surface area contributed by atoms with Crippen LogP contribution in [-0.2, 0) is 0 Å². The van der Waals surface area contributed by atoms with Gasteiger partial charge < -0.3 is 19.4 Å². The molecule has 4 rings (SSSR count). The lowest BCUT2D eigenvalue weighted by Gasteiger charge is -2.36. The van der Waals surface area contributed by atoms with Crippen LogP contribution < -0.4 is 15.0 Å². The van der Waals surface area contributed by atoms with Crippen LogP contribution in [0.1, 0.15) is 11.1 Å². The standard InChI is InChI=1S/C21H19N3O2/c1-25-17-10-8-16(9-11-17)24-19(12-7-15-5-3-2-4-6-15)23-21-18(20(24)22)13-14-26-21/h2-14,19,22-23H,1H3. The Labute approximate surface area is 152 Å². The predicted molar refractivity (Wildman–Crippen MR) is 104 cm³/mol. The number of methoxy groups -OCH3 is 1. The van der Waals surface area contributed by atoms with Crippen molar-refractivity contribution in [3.63, 3.8) is 0 Å². The molecule has 5 nitrogen and oxygen atoms in total. The van der Waals surface area contributed by atoms with Crippen molar-refractivity contribution in [3.8, 4) is 5.75 Å². The smallest absolute Gasteiger partial charge is 0.205 e. The third-order valence-electron chi connectivity index (χ3n) is 4.34. The molecule has 1 aromatic heterocycles. The fraction of sp³-hybridized carbons (Fsp3) is 0.0952. The molecule has 2 heterocycles. The molecule has 0 fully saturated rings. The average Bonchev–Trinajstić information content (AvgIpc) is 3.16. The molecule has 0 amide bonds. The van der Waals surface area contributed by atoms with Gasteiger partial charge in [-0.1, -0.05) is 36.4 Å². The summed E-state index contributed by atoms with van der Waals surface area (Å²) in [5, 5.41) is 12.0. The van der Waals surface area contributed by atoms with Gasteiger partial charge in [0.15, 0.2) is 0 Å². The molecule has 1 atom stereocenters. The van der Waals surface area contributed by atoms with Gasteiger partial charge in [-0.3, -0.25) is 5.41 Å². The van der Waals surface area contributed by atoms with E-state index in [0.717, 1.165) is 22.6 Å². The van der Waals surface area contributed by atoms with Gasteiger partial charge in [0, 0.05) is 5.69 Å². The number of nitrogens with one attached hydrogen (secondary N) is 2. The molecule has 0 saturated heterocycles. The predicted octanol–water partition coefficient (Wildman–Crippen LogP) is 4.59. The van der Waals surface area contributed by atoms with Crippen LogP contribution in [0.4, 0.5) is 11.6 Å². The Morgan fingerprint density at radius 2 is 1.85 bits per heavy atom. The molecule has 1 aliphatic rings. The quantitative estimate of drug-likeness (QED) is 0.726.